The summed E-state index contributed by atoms with van der Waals surface area (Å²) >= 11 is 0. The maximum absolute atomic E-state index is 11.8. The predicted molar refractivity (Wildman–Crippen MR) is 94.4 cm³/mol. The number of nitriles is 1. The molecular weight excluding hydrogens is 304 g/mol. The number of rotatable bonds is 8. The lowest BCUT2D eigenvalue weighted by molar-refractivity contribution is -0.136. The predicted octanol–water partition coefficient (Wildman–Crippen LogP) is 1.93. The average Bonchev–Trinajstić information content (AvgIpc) is 2.56. The van der Waals surface area contributed by atoms with Crippen molar-refractivity contribution in [2.45, 2.75) is 39.2 Å². The van der Waals surface area contributed by atoms with Gasteiger partial charge in [-0.3, -0.25) is 9.59 Å². The van der Waals surface area contributed by atoms with Crippen LogP contribution >= 0.6 is 0 Å². The van der Waals surface area contributed by atoms with Crippen LogP contribution in [0.1, 0.15) is 32.3 Å². The summed E-state index contributed by atoms with van der Waals surface area (Å²) < 4.78 is 0. The van der Waals surface area contributed by atoms with Crippen molar-refractivity contribution in [3.05, 3.63) is 29.8 Å². The van der Waals surface area contributed by atoms with E-state index in [-0.39, 0.29) is 0 Å². The van der Waals surface area contributed by atoms with Crippen molar-refractivity contribution in [3.63, 3.8) is 0 Å². The van der Waals surface area contributed by atoms with Crippen LogP contribution in [0.15, 0.2) is 24.3 Å². The van der Waals surface area contributed by atoms with Gasteiger partial charge in [-0.25, -0.2) is 0 Å². The van der Waals surface area contributed by atoms with Crippen LogP contribution in [0, 0.1) is 11.3 Å². The van der Waals surface area contributed by atoms with Crippen molar-refractivity contribution in [1.82, 2.24) is 10.2 Å². The molecule has 6 heteroatoms. The molecule has 0 heterocycles. The Morgan fingerprint density at radius 2 is 1.83 bits per heavy atom. The molecule has 0 radical (unpaired) electrons. The first kappa shape index (κ1) is 19.7. The number of carbonyl (C=O) groups is 2. The first-order chi connectivity index (χ1) is 11.4. The standard InChI is InChI=1S/C18H26N4O2/c1-14(2)22(3)13-5-4-12-20-17(23)18(24)21-16-8-6-15(7-9-16)10-11-19/h6-9,14H,4-5,10,12-13H2,1-3H3,(H,20,23)(H,21,24). The number of nitrogens with one attached hydrogen (secondary N) is 2. The largest absolute Gasteiger partial charge is 0.348 e. The van der Waals surface area contributed by atoms with Gasteiger partial charge in [0.2, 0.25) is 0 Å². The van der Waals surface area contributed by atoms with E-state index in [2.05, 4.69) is 42.5 Å². The Morgan fingerprint density at radius 3 is 2.42 bits per heavy atom. The molecule has 0 aliphatic carbocycles. The lowest BCUT2D eigenvalue weighted by Gasteiger charge is -2.20. The van der Waals surface area contributed by atoms with Crippen LogP contribution in [0.4, 0.5) is 5.69 Å². The van der Waals surface area contributed by atoms with Crippen molar-refractivity contribution in [1.29, 1.82) is 5.26 Å². The van der Waals surface area contributed by atoms with Gasteiger partial charge in [0.05, 0.1) is 12.5 Å². The third kappa shape index (κ3) is 7.25. The van der Waals surface area contributed by atoms with Crippen molar-refractivity contribution >= 4 is 17.5 Å². The molecule has 130 valence electrons. The normalized spacial score (nSPS) is 10.5. The first-order valence-electron chi connectivity index (χ1n) is 8.19. The minimum atomic E-state index is -0.678. The average molecular weight is 330 g/mol. The minimum Gasteiger partial charge on any atom is -0.348 e. The molecule has 2 N–H and O–H groups in total. The molecule has 0 spiro atoms. The van der Waals surface area contributed by atoms with Crippen molar-refractivity contribution < 1.29 is 9.59 Å². The molecule has 1 aromatic carbocycles. The Labute approximate surface area is 143 Å². The van der Waals surface area contributed by atoms with E-state index in [0.717, 1.165) is 24.9 Å². The van der Waals surface area contributed by atoms with Crippen LogP contribution in [0.25, 0.3) is 0 Å². The van der Waals surface area contributed by atoms with E-state index in [4.69, 9.17) is 5.26 Å². The number of hydrogen-bond acceptors (Lipinski definition) is 4. The molecule has 0 fully saturated rings. The summed E-state index contributed by atoms with van der Waals surface area (Å²) in [6, 6.07) is 9.42. The third-order valence-corrected chi connectivity index (χ3v) is 3.81. The van der Waals surface area contributed by atoms with E-state index < -0.39 is 11.8 Å². The van der Waals surface area contributed by atoms with Gasteiger partial charge in [0.1, 0.15) is 0 Å². The minimum absolute atomic E-state index is 0.320. The summed E-state index contributed by atoms with van der Waals surface area (Å²) in [4.78, 5) is 25.8. The van der Waals surface area contributed by atoms with Crippen molar-refractivity contribution in [2.24, 2.45) is 0 Å². The molecule has 0 saturated heterocycles. The molecule has 0 unspecified atom stereocenters. The van der Waals surface area contributed by atoms with Gasteiger partial charge in [0.15, 0.2) is 0 Å². The highest BCUT2D eigenvalue weighted by molar-refractivity contribution is 6.39. The summed E-state index contributed by atoms with van der Waals surface area (Å²) in [6.07, 6.45) is 2.12. The van der Waals surface area contributed by atoms with Crippen molar-refractivity contribution in [3.8, 4) is 6.07 Å². The Bertz CT molecular complexity index is 576. The molecular formula is C18H26N4O2. The molecule has 0 atom stereocenters. The number of benzene rings is 1. The highest BCUT2D eigenvalue weighted by atomic mass is 16.2. The van der Waals surface area contributed by atoms with Gasteiger partial charge in [-0.05, 0) is 58.0 Å². The topological polar surface area (TPSA) is 85.2 Å². The van der Waals surface area contributed by atoms with Gasteiger partial charge in [0.25, 0.3) is 0 Å². The van der Waals surface area contributed by atoms with Gasteiger partial charge >= 0.3 is 11.8 Å². The highest BCUT2D eigenvalue weighted by Gasteiger charge is 2.13. The summed E-state index contributed by atoms with van der Waals surface area (Å²) in [5.74, 6) is -1.31. The van der Waals surface area contributed by atoms with E-state index in [1.54, 1.807) is 24.3 Å². The van der Waals surface area contributed by atoms with Crippen LogP contribution < -0.4 is 10.6 Å². The second kappa shape index (κ2) is 10.4. The van der Waals surface area contributed by atoms with E-state index >= 15 is 0 Å². The van der Waals surface area contributed by atoms with Crippen molar-refractivity contribution in [2.75, 3.05) is 25.5 Å². The maximum Gasteiger partial charge on any atom is 0.313 e. The molecule has 0 aliphatic heterocycles. The van der Waals surface area contributed by atoms with Crippen LogP contribution in [-0.2, 0) is 16.0 Å². The van der Waals surface area contributed by atoms with E-state index in [1.165, 1.54) is 0 Å². The van der Waals surface area contributed by atoms with Gasteiger partial charge in [-0.15, -0.1) is 0 Å². The third-order valence-electron chi connectivity index (χ3n) is 3.81. The fourth-order valence-electron chi connectivity index (χ4n) is 2.01. The molecule has 0 saturated carbocycles. The fourth-order valence-corrected chi connectivity index (χ4v) is 2.01. The second-order valence-electron chi connectivity index (χ2n) is 6.02. The molecule has 1 aromatic rings. The zero-order chi connectivity index (χ0) is 17.9. The Morgan fingerprint density at radius 1 is 1.17 bits per heavy atom. The monoisotopic (exact) mass is 330 g/mol. The highest BCUT2D eigenvalue weighted by Crippen LogP contribution is 2.09. The van der Waals surface area contributed by atoms with E-state index in [0.29, 0.717) is 24.7 Å². The number of anilines is 1. The molecule has 0 aliphatic rings. The number of nitrogens with zero attached hydrogens (tertiary/aromatic N) is 2. The lowest BCUT2D eigenvalue weighted by atomic mass is 10.1. The number of unbranched alkanes of at least 4 members (excludes halogenated alkanes) is 1. The van der Waals surface area contributed by atoms with E-state index in [9.17, 15) is 9.59 Å². The van der Waals surface area contributed by atoms with Crippen LogP contribution in [0.5, 0.6) is 0 Å². The Balaban J connectivity index is 2.27. The van der Waals surface area contributed by atoms with Gasteiger partial charge < -0.3 is 15.5 Å². The zero-order valence-electron chi connectivity index (χ0n) is 14.6. The van der Waals surface area contributed by atoms with Crippen LogP contribution in [0.3, 0.4) is 0 Å². The molecule has 6 nitrogen and oxygen atoms in total. The Hall–Kier alpha value is -2.39. The van der Waals surface area contributed by atoms with E-state index in [1.807, 2.05) is 0 Å². The summed E-state index contributed by atoms with van der Waals surface area (Å²) in [6.45, 7) is 5.73. The van der Waals surface area contributed by atoms with Gasteiger partial charge in [-0.2, -0.15) is 5.26 Å². The molecule has 24 heavy (non-hydrogen) atoms. The fraction of sp³-hybridized carbons (Fsp3) is 0.500. The summed E-state index contributed by atoms with van der Waals surface area (Å²) in [7, 11) is 2.07. The molecule has 1 rings (SSSR count). The van der Waals surface area contributed by atoms with Gasteiger partial charge in [-0.1, -0.05) is 12.1 Å². The Kier molecular flexibility index (Phi) is 8.52. The molecule has 0 aromatic heterocycles. The number of amides is 2. The smallest absolute Gasteiger partial charge is 0.313 e. The second-order valence-corrected chi connectivity index (χ2v) is 6.02. The number of hydrogen-bond donors (Lipinski definition) is 2. The summed E-state index contributed by atoms with van der Waals surface area (Å²) in [5, 5.41) is 13.8. The van der Waals surface area contributed by atoms with Crippen LogP contribution in [-0.4, -0.2) is 42.9 Å². The lowest BCUT2D eigenvalue weighted by Crippen LogP contribution is -2.36. The SMILES string of the molecule is CC(C)N(C)CCCCNC(=O)C(=O)Nc1ccc(CC#N)cc1. The summed E-state index contributed by atoms with van der Waals surface area (Å²) in [5.41, 5.74) is 1.40. The zero-order valence-corrected chi connectivity index (χ0v) is 14.6. The maximum atomic E-state index is 11.8. The molecule has 0 bridgehead atoms. The number of carbonyl (C=O) groups excluding carboxylic acids is 2. The molecule has 2 amide bonds. The van der Waals surface area contributed by atoms with Crippen LogP contribution in [0.2, 0.25) is 0 Å². The van der Waals surface area contributed by atoms with Gasteiger partial charge in [0, 0.05) is 18.3 Å². The quantitative estimate of drug-likeness (QED) is 0.563. The first-order valence-corrected chi connectivity index (χ1v) is 8.19.